The van der Waals surface area contributed by atoms with Crippen LogP contribution < -0.4 is 5.73 Å². The second kappa shape index (κ2) is 5.44. The molecule has 0 atom stereocenters. The third-order valence-electron chi connectivity index (χ3n) is 2.84. The van der Waals surface area contributed by atoms with E-state index >= 15 is 0 Å². The average molecular weight is 253 g/mol. The molecule has 0 saturated carbocycles. The van der Waals surface area contributed by atoms with Crippen molar-refractivity contribution in [1.29, 1.82) is 0 Å². The lowest BCUT2D eigenvalue weighted by Gasteiger charge is -2.27. The Morgan fingerprint density at radius 2 is 2.24 bits per heavy atom. The van der Waals surface area contributed by atoms with Gasteiger partial charge in [0.1, 0.15) is 0 Å². The van der Waals surface area contributed by atoms with Crippen LogP contribution in [0.15, 0.2) is 11.1 Å². The van der Waals surface area contributed by atoms with Crippen molar-refractivity contribution < 1.29 is 0 Å². The highest BCUT2D eigenvalue weighted by atomic mass is 32.2. The molecule has 1 saturated heterocycles. The van der Waals surface area contributed by atoms with E-state index in [1.54, 1.807) is 0 Å². The van der Waals surface area contributed by atoms with Crippen LogP contribution in [0.4, 0.5) is 0 Å². The fourth-order valence-electron chi connectivity index (χ4n) is 1.87. The van der Waals surface area contributed by atoms with Crippen molar-refractivity contribution in [2.75, 3.05) is 24.6 Å². The number of aryl methyl sites for hydroxylation is 2. The molecule has 0 amide bonds. The molecule has 2 heterocycles. The van der Waals surface area contributed by atoms with E-state index in [0.717, 1.165) is 36.0 Å². The fraction of sp³-hybridized carbons (Fsp3) is 0.636. The first kappa shape index (κ1) is 12.3. The number of hydrogen-bond donors (Lipinski definition) is 1. The molecule has 1 aromatic rings. The van der Waals surface area contributed by atoms with Gasteiger partial charge in [0.05, 0.1) is 17.9 Å². The van der Waals surface area contributed by atoms with Crippen molar-refractivity contribution in [2.45, 2.75) is 13.5 Å². The zero-order chi connectivity index (χ0) is 12.3. The Morgan fingerprint density at radius 3 is 2.82 bits per heavy atom. The zero-order valence-electron chi connectivity index (χ0n) is 10.4. The van der Waals surface area contributed by atoms with Crippen molar-refractivity contribution in [3.63, 3.8) is 0 Å². The highest BCUT2D eigenvalue weighted by molar-refractivity contribution is 7.99. The van der Waals surface area contributed by atoms with E-state index in [-0.39, 0.29) is 0 Å². The maximum absolute atomic E-state index is 5.99. The lowest BCUT2D eigenvalue weighted by Crippen LogP contribution is -2.42. The first-order chi connectivity index (χ1) is 8.16. The average Bonchev–Trinajstić information content (AvgIpc) is 2.66. The van der Waals surface area contributed by atoms with Crippen LogP contribution in [0.1, 0.15) is 11.4 Å². The molecule has 0 spiro atoms. The minimum Gasteiger partial charge on any atom is -0.370 e. The maximum Gasteiger partial charge on any atom is 0.191 e. The molecule has 94 valence electrons. The number of hydrogen-bond acceptors (Lipinski definition) is 3. The molecule has 2 N–H and O–H groups in total. The summed E-state index contributed by atoms with van der Waals surface area (Å²) in [4.78, 5) is 6.60. The third-order valence-corrected chi connectivity index (χ3v) is 3.78. The minimum atomic E-state index is 0.604. The molecule has 6 heteroatoms. The van der Waals surface area contributed by atoms with Crippen LogP contribution in [-0.2, 0) is 13.6 Å². The molecule has 0 radical (unpaired) electrons. The molecule has 0 aliphatic carbocycles. The van der Waals surface area contributed by atoms with Crippen molar-refractivity contribution >= 4 is 17.7 Å². The van der Waals surface area contributed by atoms with Gasteiger partial charge >= 0.3 is 0 Å². The van der Waals surface area contributed by atoms with Gasteiger partial charge in [-0.15, -0.1) is 0 Å². The molecule has 5 nitrogen and oxygen atoms in total. The van der Waals surface area contributed by atoms with E-state index in [4.69, 9.17) is 5.73 Å². The molecule has 17 heavy (non-hydrogen) atoms. The van der Waals surface area contributed by atoms with Gasteiger partial charge in [0, 0.05) is 31.6 Å². The van der Waals surface area contributed by atoms with E-state index in [1.807, 2.05) is 36.5 Å². The Morgan fingerprint density at radius 1 is 1.53 bits per heavy atom. The number of nitrogens with zero attached hydrogens (tertiary/aromatic N) is 4. The van der Waals surface area contributed by atoms with Crippen molar-refractivity contribution in [3.05, 3.63) is 17.5 Å². The van der Waals surface area contributed by atoms with Crippen molar-refractivity contribution in [1.82, 2.24) is 14.7 Å². The summed E-state index contributed by atoms with van der Waals surface area (Å²) in [6, 6.07) is 2.04. The summed E-state index contributed by atoms with van der Waals surface area (Å²) in [5.41, 5.74) is 8.10. The molecular formula is C11H19N5S. The Balaban J connectivity index is 1.97. The Kier molecular flexibility index (Phi) is 3.93. The Bertz CT molecular complexity index is 406. The van der Waals surface area contributed by atoms with Gasteiger partial charge in [-0.25, -0.2) is 4.99 Å². The summed E-state index contributed by atoms with van der Waals surface area (Å²) >= 11 is 1.97. The van der Waals surface area contributed by atoms with E-state index in [1.165, 1.54) is 0 Å². The monoisotopic (exact) mass is 253 g/mol. The largest absolute Gasteiger partial charge is 0.370 e. The van der Waals surface area contributed by atoms with Crippen LogP contribution in [0.5, 0.6) is 0 Å². The van der Waals surface area contributed by atoms with Crippen LogP contribution in [0.2, 0.25) is 0 Å². The van der Waals surface area contributed by atoms with E-state index in [9.17, 15) is 0 Å². The lowest BCUT2D eigenvalue weighted by molar-refractivity contribution is 0.455. The van der Waals surface area contributed by atoms with E-state index in [2.05, 4.69) is 15.0 Å². The minimum absolute atomic E-state index is 0.604. The molecule has 2 rings (SSSR count). The first-order valence-electron chi connectivity index (χ1n) is 5.79. The summed E-state index contributed by atoms with van der Waals surface area (Å²) in [5, 5.41) is 4.29. The van der Waals surface area contributed by atoms with Gasteiger partial charge in [-0.3, -0.25) is 4.68 Å². The number of nitrogens with two attached hydrogens (primary N) is 1. The van der Waals surface area contributed by atoms with Crippen LogP contribution in [-0.4, -0.2) is 45.2 Å². The zero-order valence-corrected chi connectivity index (χ0v) is 11.2. The Hall–Kier alpha value is -1.17. The van der Waals surface area contributed by atoms with E-state index in [0.29, 0.717) is 12.5 Å². The van der Waals surface area contributed by atoms with Crippen LogP contribution >= 0.6 is 11.8 Å². The number of aromatic nitrogens is 2. The predicted molar refractivity (Wildman–Crippen MR) is 72.2 cm³/mol. The summed E-state index contributed by atoms with van der Waals surface area (Å²) < 4.78 is 1.86. The summed E-state index contributed by atoms with van der Waals surface area (Å²) in [6.45, 7) is 4.60. The Labute approximate surface area is 106 Å². The van der Waals surface area contributed by atoms with Crippen LogP contribution in [0.25, 0.3) is 0 Å². The van der Waals surface area contributed by atoms with Crippen molar-refractivity contribution in [2.24, 2.45) is 17.8 Å². The normalized spacial score (nSPS) is 17.5. The molecule has 1 fully saturated rings. The summed E-state index contributed by atoms with van der Waals surface area (Å²) in [6.07, 6.45) is 0. The third kappa shape index (κ3) is 3.15. The highest BCUT2D eigenvalue weighted by Crippen LogP contribution is 2.09. The van der Waals surface area contributed by atoms with Crippen molar-refractivity contribution in [3.8, 4) is 0 Å². The summed E-state index contributed by atoms with van der Waals surface area (Å²) in [5.74, 6) is 2.94. The van der Waals surface area contributed by atoms with Gasteiger partial charge in [0.15, 0.2) is 5.96 Å². The second-order valence-electron chi connectivity index (χ2n) is 4.17. The maximum atomic E-state index is 5.99. The molecule has 1 aromatic heterocycles. The van der Waals surface area contributed by atoms with Gasteiger partial charge in [0.2, 0.25) is 0 Å². The topological polar surface area (TPSA) is 59.4 Å². The number of aliphatic imine (C=N–C) groups is 1. The van der Waals surface area contributed by atoms with Crippen LogP contribution in [0, 0.1) is 6.92 Å². The SMILES string of the molecule is Cc1cc(CN=C(N)N2CCSCC2)n(C)n1. The highest BCUT2D eigenvalue weighted by Gasteiger charge is 2.12. The molecule has 1 aliphatic rings. The lowest BCUT2D eigenvalue weighted by atomic mass is 10.4. The first-order valence-corrected chi connectivity index (χ1v) is 6.94. The standard InChI is InChI=1S/C11H19N5S/c1-9-7-10(15(2)14-9)8-13-11(12)16-3-5-17-6-4-16/h7H,3-6,8H2,1-2H3,(H2,12,13). The quantitative estimate of drug-likeness (QED) is 0.619. The molecule has 1 aliphatic heterocycles. The van der Waals surface area contributed by atoms with Gasteiger partial charge in [-0.1, -0.05) is 0 Å². The van der Waals surface area contributed by atoms with Gasteiger partial charge in [0.25, 0.3) is 0 Å². The summed E-state index contributed by atoms with van der Waals surface area (Å²) in [7, 11) is 1.94. The fourth-order valence-corrected chi connectivity index (χ4v) is 2.77. The molecule has 0 unspecified atom stereocenters. The molecule has 0 aromatic carbocycles. The molecule has 0 bridgehead atoms. The van der Waals surface area contributed by atoms with Crippen LogP contribution in [0.3, 0.4) is 0 Å². The smallest absolute Gasteiger partial charge is 0.191 e. The number of thioether (sulfide) groups is 1. The predicted octanol–water partition coefficient (Wildman–Crippen LogP) is 0.592. The molecular weight excluding hydrogens is 234 g/mol. The number of rotatable bonds is 2. The van der Waals surface area contributed by atoms with Gasteiger partial charge < -0.3 is 10.6 Å². The number of guanidine groups is 1. The van der Waals surface area contributed by atoms with Gasteiger partial charge in [-0.2, -0.15) is 16.9 Å². The van der Waals surface area contributed by atoms with Gasteiger partial charge in [-0.05, 0) is 13.0 Å². The van der Waals surface area contributed by atoms with E-state index < -0.39 is 0 Å². The second-order valence-corrected chi connectivity index (χ2v) is 5.40.